The van der Waals surface area contributed by atoms with Crippen LogP contribution in [-0.2, 0) is 16.0 Å². The molecule has 0 spiro atoms. The van der Waals surface area contributed by atoms with Crippen LogP contribution in [-0.4, -0.2) is 25.5 Å². The third-order valence-electron chi connectivity index (χ3n) is 4.54. The second-order valence-corrected chi connectivity index (χ2v) is 6.46. The van der Waals surface area contributed by atoms with Crippen LogP contribution in [0.25, 0.3) is 0 Å². The first-order valence-electron chi connectivity index (χ1n) is 8.85. The standard InChI is InChI=1S/C20H22N2O5/c1-12-10-16(15-8-5-9-26-15)27-20(25)18(12)19(24)22-14-7-4-3-6-13(14)11-17(23)21-2/h3-4,6-7,10,15H,5,8-9,11H2,1-2H3,(H,21,23)(H,22,24). The van der Waals surface area contributed by atoms with E-state index in [1.54, 1.807) is 44.3 Å². The normalized spacial score (nSPS) is 16.1. The summed E-state index contributed by atoms with van der Waals surface area (Å²) < 4.78 is 10.9. The molecule has 1 aromatic carbocycles. The van der Waals surface area contributed by atoms with Crippen molar-refractivity contribution < 1.29 is 18.7 Å². The number of ether oxygens (including phenoxy) is 1. The van der Waals surface area contributed by atoms with Crippen molar-refractivity contribution in [1.29, 1.82) is 0 Å². The maximum Gasteiger partial charge on any atom is 0.349 e. The average molecular weight is 370 g/mol. The first kappa shape index (κ1) is 18.8. The van der Waals surface area contributed by atoms with Crippen molar-refractivity contribution in [3.05, 3.63) is 63.2 Å². The van der Waals surface area contributed by atoms with Crippen LogP contribution in [0.2, 0.25) is 0 Å². The number of rotatable bonds is 5. The summed E-state index contributed by atoms with van der Waals surface area (Å²) in [6, 6.07) is 8.65. The van der Waals surface area contributed by atoms with Gasteiger partial charge >= 0.3 is 5.63 Å². The van der Waals surface area contributed by atoms with Crippen molar-refractivity contribution in [2.24, 2.45) is 0 Å². The molecule has 1 atom stereocenters. The Hall–Kier alpha value is -2.93. The number of amides is 2. The zero-order valence-corrected chi connectivity index (χ0v) is 15.3. The topological polar surface area (TPSA) is 97.6 Å². The minimum atomic E-state index is -0.693. The van der Waals surface area contributed by atoms with Crippen molar-refractivity contribution >= 4 is 17.5 Å². The summed E-state index contributed by atoms with van der Waals surface area (Å²) in [7, 11) is 1.55. The van der Waals surface area contributed by atoms with E-state index in [0.29, 0.717) is 29.2 Å². The summed E-state index contributed by atoms with van der Waals surface area (Å²) in [5.74, 6) is -0.288. The highest BCUT2D eigenvalue weighted by Crippen LogP contribution is 2.28. The molecule has 1 fully saturated rings. The second-order valence-electron chi connectivity index (χ2n) is 6.46. The van der Waals surface area contributed by atoms with Gasteiger partial charge < -0.3 is 19.8 Å². The number of hydrogen-bond donors (Lipinski definition) is 2. The van der Waals surface area contributed by atoms with Crippen molar-refractivity contribution in [2.45, 2.75) is 32.3 Å². The van der Waals surface area contributed by atoms with Crippen molar-refractivity contribution in [1.82, 2.24) is 5.32 Å². The number of hydrogen-bond acceptors (Lipinski definition) is 5. The Bertz CT molecular complexity index is 913. The lowest BCUT2D eigenvalue weighted by atomic mass is 10.1. The fourth-order valence-corrected chi connectivity index (χ4v) is 3.11. The van der Waals surface area contributed by atoms with Gasteiger partial charge in [-0.25, -0.2) is 4.79 Å². The van der Waals surface area contributed by atoms with Gasteiger partial charge in [0.25, 0.3) is 5.91 Å². The molecule has 1 saturated heterocycles. The van der Waals surface area contributed by atoms with Gasteiger partial charge in [-0.05, 0) is 43.0 Å². The van der Waals surface area contributed by atoms with Gasteiger partial charge in [-0.1, -0.05) is 18.2 Å². The maximum absolute atomic E-state index is 12.7. The molecule has 142 valence electrons. The highest BCUT2D eigenvalue weighted by Gasteiger charge is 2.24. The highest BCUT2D eigenvalue weighted by atomic mass is 16.5. The molecule has 7 nitrogen and oxygen atoms in total. The summed E-state index contributed by atoms with van der Waals surface area (Å²) >= 11 is 0. The number of carbonyl (C=O) groups is 2. The SMILES string of the molecule is CNC(=O)Cc1ccccc1NC(=O)c1c(C)cc(C2CCCO2)oc1=O. The molecule has 1 aromatic heterocycles. The van der Waals surface area contributed by atoms with Crippen molar-refractivity contribution in [2.75, 3.05) is 19.0 Å². The van der Waals surface area contributed by atoms with Gasteiger partial charge in [-0.15, -0.1) is 0 Å². The smallest absolute Gasteiger partial charge is 0.349 e. The molecule has 1 aliphatic heterocycles. The van der Waals surface area contributed by atoms with E-state index in [2.05, 4.69) is 10.6 Å². The molecule has 2 N–H and O–H groups in total. The Balaban J connectivity index is 1.85. The van der Waals surface area contributed by atoms with Crippen LogP contribution >= 0.6 is 0 Å². The summed E-state index contributed by atoms with van der Waals surface area (Å²) in [4.78, 5) is 36.8. The fraction of sp³-hybridized carbons (Fsp3) is 0.350. The Kier molecular flexibility index (Phi) is 5.71. The van der Waals surface area contributed by atoms with Crippen molar-refractivity contribution in [3.8, 4) is 0 Å². The minimum absolute atomic E-state index is 0.0495. The Labute approximate surface area is 156 Å². The van der Waals surface area contributed by atoms with Gasteiger partial charge in [-0.2, -0.15) is 0 Å². The lowest BCUT2D eigenvalue weighted by molar-refractivity contribution is -0.119. The van der Waals surface area contributed by atoms with Crippen LogP contribution in [0.3, 0.4) is 0 Å². The van der Waals surface area contributed by atoms with Crippen molar-refractivity contribution in [3.63, 3.8) is 0 Å². The summed E-state index contributed by atoms with van der Waals surface area (Å²) in [5.41, 5.74) is 0.919. The minimum Gasteiger partial charge on any atom is -0.424 e. The summed E-state index contributed by atoms with van der Waals surface area (Å²) in [5, 5.41) is 5.27. The molecule has 0 bridgehead atoms. The number of anilines is 1. The van der Waals surface area contributed by atoms with Crippen LogP contribution in [0.1, 0.15) is 46.2 Å². The van der Waals surface area contributed by atoms with E-state index < -0.39 is 11.5 Å². The summed E-state index contributed by atoms with van der Waals surface area (Å²) in [6.45, 7) is 2.33. The zero-order chi connectivity index (χ0) is 19.4. The monoisotopic (exact) mass is 370 g/mol. The molecular formula is C20H22N2O5. The largest absolute Gasteiger partial charge is 0.424 e. The molecule has 27 heavy (non-hydrogen) atoms. The molecule has 0 aliphatic carbocycles. The Morgan fingerprint density at radius 2 is 2.04 bits per heavy atom. The lowest BCUT2D eigenvalue weighted by Crippen LogP contribution is -2.25. The third kappa shape index (κ3) is 4.25. The maximum atomic E-state index is 12.7. The number of likely N-dealkylation sites (N-methyl/N-ethyl adjacent to an activating group) is 1. The Morgan fingerprint density at radius 3 is 2.70 bits per heavy atom. The zero-order valence-electron chi connectivity index (χ0n) is 15.3. The first-order chi connectivity index (χ1) is 13.0. The molecule has 1 aliphatic rings. The number of aryl methyl sites for hydroxylation is 1. The van der Waals surface area contributed by atoms with Crippen LogP contribution < -0.4 is 16.3 Å². The molecule has 0 saturated carbocycles. The van der Waals surface area contributed by atoms with E-state index in [1.165, 1.54) is 0 Å². The number of carbonyl (C=O) groups excluding carboxylic acids is 2. The van der Waals surface area contributed by atoms with E-state index in [4.69, 9.17) is 9.15 Å². The number of para-hydroxylation sites is 1. The van der Waals surface area contributed by atoms with E-state index in [-0.39, 0.29) is 24.0 Å². The van der Waals surface area contributed by atoms with Gasteiger partial charge in [0.05, 0.1) is 6.42 Å². The van der Waals surface area contributed by atoms with Crippen LogP contribution in [0.4, 0.5) is 5.69 Å². The molecule has 1 unspecified atom stereocenters. The lowest BCUT2D eigenvalue weighted by Gasteiger charge is -2.13. The van der Waals surface area contributed by atoms with E-state index in [1.807, 2.05) is 0 Å². The number of nitrogens with one attached hydrogen (secondary N) is 2. The molecule has 2 aromatic rings. The second kappa shape index (κ2) is 8.18. The molecule has 2 heterocycles. The fourth-order valence-electron chi connectivity index (χ4n) is 3.11. The molecular weight excluding hydrogens is 348 g/mol. The van der Waals surface area contributed by atoms with Gasteiger partial charge in [0.2, 0.25) is 5.91 Å². The first-order valence-corrected chi connectivity index (χ1v) is 8.85. The highest BCUT2D eigenvalue weighted by molar-refractivity contribution is 6.05. The molecule has 2 amide bonds. The predicted molar refractivity (Wildman–Crippen MR) is 99.8 cm³/mol. The van der Waals surface area contributed by atoms with Gasteiger partial charge in [0.1, 0.15) is 17.4 Å². The van der Waals surface area contributed by atoms with Gasteiger partial charge in [0.15, 0.2) is 0 Å². The van der Waals surface area contributed by atoms with Crippen LogP contribution in [0, 0.1) is 6.92 Å². The van der Waals surface area contributed by atoms with E-state index in [0.717, 1.165) is 12.8 Å². The average Bonchev–Trinajstić information content (AvgIpc) is 3.17. The van der Waals surface area contributed by atoms with Gasteiger partial charge in [-0.3, -0.25) is 9.59 Å². The summed E-state index contributed by atoms with van der Waals surface area (Å²) in [6.07, 6.45) is 1.60. The molecule has 7 heteroatoms. The van der Waals surface area contributed by atoms with E-state index >= 15 is 0 Å². The third-order valence-corrected chi connectivity index (χ3v) is 4.54. The Morgan fingerprint density at radius 1 is 1.26 bits per heavy atom. The van der Waals surface area contributed by atoms with Crippen LogP contribution in [0.5, 0.6) is 0 Å². The van der Waals surface area contributed by atoms with Gasteiger partial charge in [0, 0.05) is 19.3 Å². The number of benzene rings is 1. The van der Waals surface area contributed by atoms with Crippen LogP contribution in [0.15, 0.2) is 39.5 Å². The van der Waals surface area contributed by atoms with E-state index in [9.17, 15) is 14.4 Å². The quantitative estimate of drug-likeness (QED) is 0.842. The molecule has 0 radical (unpaired) electrons. The molecule has 3 rings (SSSR count). The predicted octanol–water partition coefficient (Wildman–Crippen LogP) is 2.34.